The van der Waals surface area contributed by atoms with E-state index in [0.29, 0.717) is 37.6 Å². The van der Waals surface area contributed by atoms with Crippen molar-refractivity contribution >= 4 is 23.2 Å². The largest absolute Gasteiger partial charge is 0.351 e. The highest BCUT2D eigenvalue weighted by molar-refractivity contribution is 7.12. The van der Waals surface area contributed by atoms with Gasteiger partial charge in [-0.25, -0.2) is 8.78 Å². The second kappa shape index (κ2) is 10.7. The van der Waals surface area contributed by atoms with Crippen LogP contribution >= 0.6 is 11.3 Å². The van der Waals surface area contributed by atoms with Crippen molar-refractivity contribution in [3.8, 4) is 0 Å². The first-order valence-electron chi connectivity index (χ1n) is 10.9. The van der Waals surface area contributed by atoms with Gasteiger partial charge in [-0.3, -0.25) is 14.5 Å². The highest BCUT2D eigenvalue weighted by atomic mass is 32.1. The lowest BCUT2D eigenvalue weighted by molar-refractivity contribution is -0.133. The van der Waals surface area contributed by atoms with Crippen LogP contribution in [0.3, 0.4) is 0 Å². The summed E-state index contributed by atoms with van der Waals surface area (Å²) in [6, 6.07) is 16.1. The Morgan fingerprint density at radius 1 is 0.879 bits per heavy atom. The second-order valence-corrected chi connectivity index (χ2v) is 8.85. The number of piperazine rings is 1. The van der Waals surface area contributed by atoms with Gasteiger partial charge in [0.15, 0.2) is 0 Å². The van der Waals surface area contributed by atoms with E-state index < -0.39 is 0 Å². The summed E-state index contributed by atoms with van der Waals surface area (Å²) in [6.07, 6.45) is 0.246. The Bertz CT molecular complexity index is 1020. The van der Waals surface area contributed by atoms with E-state index in [2.05, 4.69) is 10.2 Å². The zero-order valence-corrected chi connectivity index (χ0v) is 18.9. The van der Waals surface area contributed by atoms with Crippen LogP contribution in [-0.4, -0.2) is 54.3 Å². The Kier molecular flexibility index (Phi) is 7.47. The van der Waals surface area contributed by atoms with Gasteiger partial charge >= 0.3 is 0 Å². The molecule has 0 radical (unpaired) electrons. The van der Waals surface area contributed by atoms with E-state index in [1.54, 1.807) is 35.2 Å². The number of hydrogen-bond acceptors (Lipinski definition) is 4. The molecule has 0 unspecified atom stereocenters. The molecule has 0 aliphatic carbocycles. The van der Waals surface area contributed by atoms with Crippen molar-refractivity contribution in [2.75, 3.05) is 32.7 Å². The molecule has 3 aromatic rings. The molecule has 1 fully saturated rings. The molecule has 0 atom stereocenters. The topological polar surface area (TPSA) is 52.7 Å². The third-order valence-corrected chi connectivity index (χ3v) is 6.64. The van der Waals surface area contributed by atoms with E-state index in [0.717, 1.165) is 11.1 Å². The molecule has 0 saturated carbocycles. The molecule has 172 valence electrons. The fraction of sp³-hybridized carbons (Fsp3) is 0.280. The normalized spacial score (nSPS) is 14.5. The van der Waals surface area contributed by atoms with Crippen molar-refractivity contribution in [3.63, 3.8) is 0 Å². The first kappa shape index (κ1) is 23.1. The lowest BCUT2D eigenvalue weighted by atomic mass is 9.96. The maximum atomic E-state index is 13.5. The van der Waals surface area contributed by atoms with E-state index in [9.17, 15) is 18.4 Å². The minimum absolute atomic E-state index is 0.00115. The predicted octanol–water partition coefficient (Wildman–Crippen LogP) is 4.08. The zero-order valence-electron chi connectivity index (χ0n) is 18.0. The molecule has 1 saturated heterocycles. The number of hydrogen-bond donors (Lipinski definition) is 1. The molecule has 4 rings (SSSR count). The van der Waals surface area contributed by atoms with Gasteiger partial charge in [-0.1, -0.05) is 30.3 Å². The van der Waals surface area contributed by atoms with Crippen LogP contribution in [0, 0.1) is 11.6 Å². The lowest BCUT2D eigenvalue weighted by Gasteiger charge is -2.40. The van der Waals surface area contributed by atoms with Crippen LogP contribution in [0.25, 0.3) is 0 Å². The summed E-state index contributed by atoms with van der Waals surface area (Å²) in [5.74, 6) is -0.776. The van der Waals surface area contributed by atoms with Crippen LogP contribution in [0.2, 0.25) is 0 Å². The molecule has 2 heterocycles. The molecule has 8 heteroatoms. The van der Waals surface area contributed by atoms with E-state index in [1.807, 2.05) is 11.4 Å². The van der Waals surface area contributed by atoms with Crippen LogP contribution in [0.15, 0.2) is 66.0 Å². The fourth-order valence-electron chi connectivity index (χ4n) is 4.07. The van der Waals surface area contributed by atoms with Gasteiger partial charge in [0.1, 0.15) is 11.6 Å². The van der Waals surface area contributed by atoms with Crippen LogP contribution in [0.1, 0.15) is 33.3 Å². The lowest BCUT2D eigenvalue weighted by Crippen LogP contribution is -2.50. The van der Waals surface area contributed by atoms with Crippen molar-refractivity contribution in [2.45, 2.75) is 12.5 Å². The summed E-state index contributed by atoms with van der Waals surface area (Å²) in [6.45, 7) is 2.66. The molecular formula is C25H25F2N3O2S. The molecule has 2 amide bonds. The van der Waals surface area contributed by atoms with Gasteiger partial charge in [0.05, 0.1) is 10.9 Å². The number of nitrogens with one attached hydrogen (secondary N) is 1. The molecule has 2 aromatic carbocycles. The SMILES string of the molecule is O=C(NCCC(=O)N1CCN(C(c2ccc(F)cc2)c2ccc(F)cc2)CC1)c1cccs1. The smallest absolute Gasteiger partial charge is 0.261 e. The summed E-state index contributed by atoms with van der Waals surface area (Å²) in [5.41, 5.74) is 1.83. The standard InChI is InChI=1S/C25H25F2N3O2S/c26-20-7-3-18(4-8-20)24(19-5-9-21(27)10-6-19)30-15-13-29(14-16-30)23(31)11-12-28-25(32)22-2-1-17-33-22/h1-10,17,24H,11-16H2,(H,28,32). The molecule has 1 N–H and O–H groups in total. The van der Waals surface area contributed by atoms with E-state index in [4.69, 9.17) is 0 Å². The van der Waals surface area contributed by atoms with Gasteiger partial charge < -0.3 is 10.2 Å². The monoisotopic (exact) mass is 469 g/mol. The third-order valence-electron chi connectivity index (χ3n) is 5.77. The zero-order chi connectivity index (χ0) is 23.2. The van der Waals surface area contributed by atoms with Crippen LogP contribution in [0.5, 0.6) is 0 Å². The molecule has 33 heavy (non-hydrogen) atoms. The number of carbonyl (C=O) groups excluding carboxylic acids is 2. The third kappa shape index (κ3) is 5.83. The number of amides is 2. The van der Waals surface area contributed by atoms with Crippen molar-refractivity contribution < 1.29 is 18.4 Å². The van der Waals surface area contributed by atoms with Crippen LogP contribution in [-0.2, 0) is 4.79 Å². The molecular weight excluding hydrogens is 444 g/mol. The number of rotatable bonds is 7. The summed E-state index contributed by atoms with van der Waals surface area (Å²) in [7, 11) is 0. The predicted molar refractivity (Wildman–Crippen MR) is 124 cm³/mol. The maximum Gasteiger partial charge on any atom is 0.261 e. The van der Waals surface area contributed by atoms with Crippen molar-refractivity contribution in [3.05, 3.63) is 93.7 Å². The maximum absolute atomic E-state index is 13.5. The molecule has 5 nitrogen and oxygen atoms in total. The van der Waals surface area contributed by atoms with Gasteiger partial charge in [-0.2, -0.15) is 0 Å². The van der Waals surface area contributed by atoms with Crippen LogP contribution in [0.4, 0.5) is 8.78 Å². The minimum atomic E-state index is -0.307. The number of benzene rings is 2. The number of thiophene rings is 1. The average Bonchev–Trinajstić information content (AvgIpc) is 3.37. The Labute approximate surface area is 195 Å². The second-order valence-electron chi connectivity index (χ2n) is 7.91. The van der Waals surface area contributed by atoms with Crippen molar-refractivity contribution in [1.29, 1.82) is 0 Å². The minimum Gasteiger partial charge on any atom is -0.351 e. The summed E-state index contributed by atoms with van der Waals surface area (Å²) in [5, 5.41) is 4.62. The Morgan fingerprint density at radius 2 is 1.45 bits per heavy atom. The van der Waals surface area contributed by atoms with Crippen molar-refractivity contribution in [2.24, 2.45) is 0 Å². The Morgan fingerprint density at radius 3 is 1.97 bits per heavy atom. The van der Waals surface area contributed by atoms with Gasteiger partial charge in [0, 0.05) is 39.1 Å². The number of nitrogens with zero attached hydrogens (tertiary/aromatic N) is 2. The van der Waals surface area contributed by atoms with E-state index in [1.165, 1.54) is 35.6 Å². The molecule has 1 aliphatic rings. The van der Waals surface area contributed by atoms with Gasteiger partial charge in [0.25, 0.3) is 5.91 Å². The molecule has 1 aromatic heterocycles. The molecule has 0 bridgehead atoms. The average molecular weight is 470 g/mol. The Balaban J connectivity index is 1.35. The molecule has 0 spiro atoms. The van der Waals surface area contributed by atoms with E-state index >= 15 is 0 Å². The summed E-state index contributed by atoms with van der Waals surface area (Å²) in [4.78, 5) is 29.3. The summed E-state index contributed by atoms with van der Waals surface area (Å²) >= 11 is 1.36. The van der Waals surface area contributed by atoms with Crippen molar-refractivity contribution in [1.82, 2.24) is 15.1 Å². The first-order valence-corrected chi connectivity index (χ1v) is 11.7. The summed E-state index contributed by atoms with van der Waals surface area (Å²) < 4.78 is 27.0. The highest BCUT2D eigenvalue weighted by Crippen LogP contribution is 2.30. The highest BCUT2D eigenvalue weighted by Gasteiger charge is 2.28. The number of halogens is 2. The number of carbonyl (C=O) groups is 2. The van der Waals surface area contributed by atoms with Gasteiger partial charge in [0.2, 0.25) is 5.91 Å². The van der Waals surface area contributed by atoms with E-state index in [-0.39, 0.29) is 35.9 Å². The van der Waals surface area contributed by atoms with Gasteiger partial charge in [-0.05, 0) is 46.8 Å². The quantitative estimate of drug-likeness (QED) is 0.567. The van der Waals surface area contributed by atoms with Crippen LogP contribution < -0.4 is 5.32 Å². The first-order chi connectivity index (χ1) is 16.0. The fourth-order valence-corrected chi connectivity index (χ4v) is 4.71. The Hall–Kier alpha value is -3.10. The van der Waals surface area contributed by atoms with Gasteiger partial charge in [-0.15, -0.1) is 11.3 Å². The molecule has 1 aliphatic heterocycles.